The number of fused-ring (bicyclic) bond motifs is 3. The molecule has 4 aromatic rings. The number of hydrogen-bond acceptors (Lipinski definition) is 1. The summed E-state index contributed by atoms with van der Waals surface area (Å²) < 4.78 is 2.27. The minimum absolute atomic E-state index is 0.724. The molecule has 0 N–H and O–H groups in total. The second-order valence-corrected chi connectivity index (χ2v) is 9.36. The van der Waals surface area contributed by atoms with E-state index in [1.807, 2.05) is 25.2 Å². The second-order valence-electron chi connectivity index (χ2n) is 9.36. The van der Waals surface area contributed by atoms with Crippen molar-refractivity contribution in [3.05, 3.63) is 151 Å². The Labute approximate surface area is 226 Å². The van der Waals surface area contributed by atoms with Crippen LogP contribution in [0.3, 0.4) is 0 Å². The summed E-state index contributed by atoms with van der Waals surface area (Å²) in [6.07, 6.45) is 14.4. The molecular weight excluding hydrogens is 460 g/mol. The first-order valence-electron chi connectivity index (χ1n) is 13.1. The van der Waals surface area contributed by atoms with Crippen molar-refractivity contribution in [2.24, 2.45) is 0 Å². The van der Waals surface area contributed by atoms with Crippen molar-refractivity contribution in [2.45, 2.75) is 13.8 Å². The molecule has 2 nitrogen and oxygen atoms in total. The van der Waals surface area contributed by atoms with Crippen LogP contribution in [0.5, 0.6) is 0 Å². The Balaban J connectivity index is 1.60. The van der Waals surface area contributed by atoms with Crippen LogP contribution in [0.2, 0.25) is 0 Å². The Morgan fingerprint density at radius 3 is 2.26 bits per heavy atom. The lowest BCUT2D eigenvalue weighted by molar-refractivity contribution is 1.10. The van der Waals surface area contributed by atoms with Crippen molar-refractivity contribution in [3.8, 4) is 11.1 Å². The molecule has 38 heavy (non-hydrogen) atoms. The summed E-state index contributed by atoms with van der Waals surface area (Å²) in [6, 6.07) is 34.8. The van der Waals surface area contributed by atoms with Crippen LogP contribution in [0.1, 0.15) is 18.1 Å². The molecule has 4 aromatic carbocycles. The van der Waals surface area contributed by atoms with E-state index in [0.717, 1.165) is 17.9 Å². The molecule has 0 unspecified atom stereocenters. The molecular formula is C36H33N2+. The van der Waals surface area contributed by atoms with Crippen molar-refractivity contribution in [1.29, 1.82) is 0 Å². The molecule has 0 fully saturated rings. The van der Waals surface area contributed by atoms with Crippen LogP contribution in [0, 0.1) is 6.92 Å². The maximum atomic E-state index is 4.00. The molecule has 0 amide bonds. The van der Waals surface area contributed by atoms with E-state index in [1.54, 1.807) is 0 Å². The number of rotatable bonds is 8. The van der Waals surface area contributed by atoms with E-state index in [4.69, 9.17) is 0 Å². The van der Waals surface area contributed by atoms with Gasteiger partial charge in [-0.15, -0.1) is 0 Å². The maximum Gasteiger partial charge on any atom is 0.219 e. The van der Waals surface area contributed by atoms with Gasteiger partial charge in [0.05, 0.1) is 11.1 Å². The van der Waals surface area contributed by atoms with Gasteiger partial charge in [-0.1, -0.05) is 97.1 Å². The summed E-state index contributed by atoms with van der Waals surface area (Å²) in [5, 5.41) is 0. The van der Waals surface area contributed by atoms with E-state index >= 15 is 0 Å². The molecule has 1 aliphatic rings. The van der Waals surface area contributed by atoms with Gasteiger partial charge in [-0.2, -0.15) is 4.58 Å². The van der Waals surface area contributed by atoms with Gasteiger partial charge in [-0.3, -0.25) is 0 Å². The van der Waals surface area contributed by atoms with Gasteiger partial charge >= 0.3 is 0 Å². The van der Waals surface area contributed by atoms with Gasteiger partial charge < -0.3 is 4.90 Å². The average molecular weight is 494 g/mol. The Hall–Kier alpha value is -4.69. The molecule has 1 aliphatic heterocycles. The lowest BCUT2D eigenvalue weighted by Gasteiger charge is -2.27. The molecule has 0 radical (unpaired) electrons. The predicted molar refractivity (Wildman–Crippen MR) is 166 cm³/mol. The lowest BCUT2D eigenvalue weighted by atomic mass is 10.0. The van der Waals surface area contributed by atoms with Crippen LogP contribution in [0.4, 0.5) is 22.7 Å². The van der Waals surface area contributed by atoms with Crippen molar-refractivity contribution in [2.75, 3.05) is 11.4 Å². The van der Waals surface area contributed by atoms with E-state index in [0.29, 0.717) is 0 Å². The summed E-state index contributed by atoms with van der Waals surface area (Å²) in [6.45, 7) is 8.87. The van der Waals surface area contributed by atoms with Gasteiger partial charge in [0.15, 0.2) is 6.21 Å². The van der Waals surface area contributed by atoms with Gasteiger partial charge in [0.1, 0.15) is 0 Å². The molecule has 0 saturated heterocycles. The first-order valence-corrected chi connectivity index (χ1v) is 13.1. The Morgan fingerprint density at radius 2 is 1.50 bits per heavy atom. The van der Waals surface area contributed by atoms with E-state index in [9.17, 15) is 0 Å². The van der Waals surface area contributed by atoms with Crippen molar-refractivity contribution < 1.29 is 0 Å². The van der Waals surface area contributed by atoms with Crippen LogP contribution in [0.25, 0.3) is 16.7 Å². The summed E-state index contributed by atoms with van der Waals surface area (Å²) in [5.74, 6) is 0. The highest BCUT2D eigenvalue weighted by Crippen LogP contribution is 2.46. The standard InChI is InChI=1S/C36H33N2/c1-4-6-7-13-25-37-35-18-12-11-17-33(35)34-26-32(23-24-36(34)37)38(31-15-9-8-10-16-31)27-30(14-5-2)29-21-19-28(3)20-22-29/h4-26H,2,27H2,1,3H3/q+1/b6-4-,13-7-,30-14+,37-25?. The van der Waals surface area contributed by atoms with Gasteiger partial charge in [-0.05, 0) is 55.3 Å². The fraction of sp³-hybridized carbons (Fsp3) is 0.0833. The topological polar surface area (TPSA) is 6.25 Å². The maximum absolute atomic E-state index is 4.00. The molecule has 0 aromatic heterocycles. The minimum Gasteiger partial charge on any atom is -0.337 e. The quantitative estimate of drug-likeness (QED) is 0.154. The van der Waals surface area contributed by atoms with E-state index in [1.165, 1.54) is 39.2 Å². The number of para-hydroxylation sites is 2. The SMILES string of the molecule is C=C/C=C(\CN(c1ccccc1)c1ccc2c(c1)-c1ccccc1[N+]2=C/C=C\C=C/C)c1ccc(C)cc1. The van der Waals surface area contributed by atoms with Gasteiger partial charge in [0.2, 0.25) is 11.4 Å². The molecule has 186 valence electrons. The number of hydrogen-bond donors (Lipinski definition) is 0. The predicted octanol–water partition coefficient (Wildman–Crippen LogP) is 9.42. The van der Waals surface area contributed by atoms with E-state index in [2.05, 4.69) is 144 Å². The van der Waals surface area contributed by atoms with Crippen LogP contribution >= 0.6 is 0 Å². The minimum atomic E-state index is 0.724. The second kappa shape index (κ2) is 11.6. The lowest BCUT2D eigenvalue weighted by Crippen LogP contribution is -2.19. The first-order chi connectivity index (χ1) is 18.7. The van der Waals surface area contributed by atoms with Crippen molar-refractivity contribution in [3.63, 3.8) is 0 Å². The van der Waals surface area contributed by atoms with Gasteiger partial charge in [-0.25, -0.2) is 0 Å². The van der Waals surface area contributed by atoms with Crippen molar-refractivity contribution >= 4 is 34.5 Å². The third kappa shape index (κ3) is 5.21. The molecule has 2 heteroatoms. The van der Waals surface area contributed by atoms with Crippen LogP contribution in [0.15, 0.2) is 140 Å². The fourth-order valence-electron chi connectivity index (χ4n) is 4.89. The number of anilines is 2. The highest BCUT2D eigenvalue weighted by molar-refractivity contribution is 5.98. The smallest absolute Gasteiger partial charge is 0.219 e. The summed E-state index contributed by atoms with van der Waals surface area (Å²) in [7, 11) is 0. The summed E-state index contributed by atoms with van der Waals surface area (Å²) in [5.41, 5.74) is 10.8. The zero-order valence-electron chi connectivity index (χ0n) is 22.1. The van der Waals surface area contributed by atoms with Gasteiger partial charge in [0, 0.05) is 36.1 Å². The number of benzene rings is 4. The van der Waals surface area contributed by atoms with Gasteiger partial charge in [0.25, 0.3) is 0 Å². The van der Waals surface area contributed by atoms with Crippen LogP contribution < -0.4 is 9.48 Å². The highest BCUT2D eigenvalue weighted by Gasteiger charge is 2.31. The Morgan fingerprint density at radius 1 is 0.763 bits per heavy atom. The van der Waals surface area contributed by atoms with E-state index in [-0.39, 0.29) is 0 Å². The molecule has 0 saturated carbocycles. The fourth-order valence-corrected chi connectivity index (χ4v) is 4.89. The number of nitrogens with zero attached hydrogens (tertiary/aromatic N) is 2. The Bertz CT molecular complexity index is 1550. The zero-order chi connectivity index (χ0) is 26.3. The summed E-state index contributed by atoms with van der Waals surface area (Å²) in [4.78, 5) is 2.39. The zero-order valence-corrected chi connectivity index (χ0v) is 22.1. The third-order valence-electron chi connectivity index (χ3n) is 6.79. The molecule has 0 aliphatic carbocycles. The number of allylic oxidation sites excluding steroid dienone is 6. The highest BCUT2D eigenvalue weighted by atomic mass is 15.1. The van der Waals surface area contributed by atoms with Crippen molar-refractivity contribution in [1.82, 2.24) is 4.58 Å². The van der Waals surface area contributed by atoms with Crippen LogP contribution in [-0.2, 0) is 0 Å². The largest absolute Gasteiger partial charge is 0.337 e. The monoisotopic (exact) mass is 493 g/mol. The third-order valence-corrected chi connectivity index (χ3v) is 6.79. The normalized spacial score (nSPS) is 13.7. The molecule has 0 spiro atoms. The number of aryl methyl sites for hydroxylation is 1. The van der Waals surface area contributed by atoms with Crippen LogP contribution in [-0.4, -0.2) is 12.8 Å². The van der Waals surface area contributed by atoms with E-state index < -0.39 is 0 Å². The molecule has 0 atom stereocenters. The molecule has 1 heterocycles. The molecule has 5 rings (SSSR count). The molecule has 0 bridgehead atoms. The Kier molecular flexibility index (Phi) is 7.61. The first kappa shape index (κ1) is 25.0. The summed E-state index contributed by atoms with van der Waals surface area (Å²) >= 11 is 0. The average Bonchev–Trinajstić information content (AvgIpc) is 3.27.